The fourth-order valence-electron chi connectivity index (χ4n) is 2.22. The average Bonchev–Trinajstić information content (AvgIpc) is 2.90. The van der Waals surface area contributed by atoms with Gasteiger partial charge in [-0.05, 0) is 30.9 Å². The van der Waals surface area contributed by atoms with E-state index in [4.69, 9.17) is 4.74 Å². The Morgan fingerprint density at radius 1 is 1.29 bits per heavy atom. The molecule has 0 heterocycles. The van der Waals surface area contributed by atoms with Crippen molar-refractivity contribution in [3.63, 3.8) is 0 Å². The number of hydrogen-bond donors (Lipinski definition) is 1. The van der Waals surface area contributed by atoms with Gasteiger partial charge in [0.05, 0.1) is 0 Å². The number of benzene rings is 1. The van der Waals surface area contributed by atoms with Gasteiger partial charge in [0, 0.05) is 12.1 Å². The summed E-state index contributed by atoms with van der Waals surface area (Å²) in [4.78, 5) is 12.3. The lowest BCUT2D eigenvalue weighted by Crippen LogP contribution is -2.45. The van der Waals surface area contributed by atoms with E-state index < -0.39 is 17.7 Å². The van der Waals surface area contributed by atoms with Gasteiger partial charge in [0.1, 0.15) is 5.82 Å². The van der Waals surface area contributed by atoms with Crippen LogP contribution < -0.4 is 10.1 Å². The number of amides is 1. The summed E-state index contributed by atoms with van der Waals surface area (Å²) in [6.45, 7) is 3.64. The third kappa shape index (κ3) is 4.03. The Morgan fingerprint density at radius 3 is 2.52 bits per heavy atom. The normalized spacial score (nSPS) is 16.2. The summed E-state index contributed by atoms with van der Waals surface area (Å²) >= 11 is 0. The molecule has 3 nitrogen and oxygen atoms in total. The van der Waals surface area contributed by atoms with Gasteiger partial charge < -0.3 is 10.1 Å². The molecule has 0 saturated heterocycles. The Labute approximate surface area is 123 Å². The standard InChI is InChI=1S/C16H19F2NO2/c1-10(2)15(16(20)19-12-5-3-4-6-12)21-14-8-7-11(17)9-13(14)18/h3-4,7-10,12,15H,5-6H2,1-2H3,(H,19,20)/t15-/m0/s1. The van der Waals surface area contributed by atoms with Crippen LogP contribution in [0.2, 0.25) is 0 Å². The molecule has 0 saturated carbocycles. The first-order valence-corrected chi connectivity index (χ1v) is 7.04. The van der Waals surface area contributed by atoms with E-state index in [1.54, 1.807) is 0 Å². The minimum Gasteiger partial charge on any atom is -0.477 e. The van der Waals surface area contributed by atoms with Crippen LogP contribution in [-0.4, -0.2) is 18.1 Å². The minimum atomic E-state index is -0.814. The molecule has 0 radical (unpaired) electrons. The highest BCUT2D eigenvalue weighted by molar-refractivity contribution is 5.81. The number of carbonyl (C=O) groups excluding carboxylic acids is 1. The molecule has 1 atom stereocenters. The third-order valence-electron chi connectivity index (χ3n) is 3.37. The molecule has 1 aromatic rings. The van der Waals surface area contributed by atoms with Crippen molar-refractivity contribution in [2.45, 2.75) is 38.8 Å². The van der Waals surface area contributed by atoms with Crippen molar-refractivity contribution in [2.24, 2.45) is 5.92 Å². The third-order valence-corrected chi connectivity index (χ3v) is 3.37. The maximum absolute atomic E-state index is 13.6. The summed E-state index contributed by atoms with van der Waals surface area (Å²) < 4.78 is 32.0. The number of halogens is 2. The van der Waals surface area contributed by atoms with Gasteiger partial charge in [0.25, 0.3) is 5.91 Å². The van der Waals surface area contributed by atoms with Crippen molar-refractivity contribution in [3.8, 4) is 5.75 Å². The number of hydrogen-bond acceptors (Lipinski definition) is 2. The van der Waals surface area contributed by atoms with E-state index in [2.05, 4.69) is 5.32 Å². The molecule has 114 valence electrons. The zero-order valence-electron chi connectivity index (χ0n) is 12.1. The quantitative estimate of drug-likeness (QED) is 0.847. The van der Waals surface area contributed by atoms with E-state index in [1.165, 1.54) is 6.07 Å². The maximum atomic E-state index is 13.6. The number of ether oxygens (including phenoxy) is 1. The van der Waals surface area contributed by atoms with Crippen LogP contribution >= 0.6 is 0 Å². The molecule has 1 amide bonds. The lowest BCUT2D eigenvalue weighted by molar-refractivity contribution is -0.130. The van der Waals surface area contributed by atoms with E-state index in [0.717, 1.165) is 25.0 Å². The topological polar surface area (TPSA) is 38.3 Å². The van der Waals surface area contributed by atoms with E-state index in [1.807, 2.05) is 26.0 Å². The van der Waals surface area contributed by atoms with E-state index in [0.29, 0.717) is 0 Å². The molecule has 5 heteroatoms. The van der Waals surface area contributed by atoms with Gasteiger partial charge in [-0.15, -0.1) is 0 Å². The highest BCUT2D eigenvalue weighted by Crippen LogP contribution is 2.21. The van der Waals surface area contributed by atoms with Crippen molar-refractivity contribution in [2.75, 3.05) is 0 Å². The van der Waals surface area contributed by atoms with E-state index in [-0.39, 0.29) is 23.6 Å². The van der Waals surface area contributed by atoms with Crippen LogP contribution in [0.25, 0.3) is 0 Å². The number of rotatable bonds is 5. The highest BCUT2D eigenvalue weighted by Gasteiger charge is 2.27. The van der Waals surface area contributed by atoms with Crippen LogP contribution in [0.4, 0.5) is 8.78 Å². The highest BCUT2D eigenvalue weighted by atomic mass is 19.1. The summed E-state index contributed by atoms with van der Waals surface area (Å²) in [5.74, 6) is -2.01. The predicted molar refractivity (Wildman–Crippen MR) is 75.9 cm³/mol. The molecule has 0 unspecified atom stereocenters. The molecule has 0 bridgehead atoms. The van der Waals surface area contributed by atoms with Gasteiger partial charge in [-0.1, -0.05) is 26.0 Å². The average molecular weight is 295 g/mol. The molecular weight excluding hydrogens is 276 g/mol. The Balaban J connectivity index is 2.05. The van der Waals surface area contributed by atoms with Crippen molar-refractivity contribution >= 4 is 5.91 Å². The Hall–Kier alpha value is -1.91. The molecule has 0 aliphatic heterocycles. The van der Waals surface area contributed by atoms with E-state index >= 15 is 0 Å². The first-order valence-electron chi connectivity index (χ1n) is 7.04. The zero-order chi connectivity index (χ0) is 15.4. The van der Waals surface area contributed by atoms with E-state index in [9.17, 15) is 13.6 Å². The van der Waals surface area contributed by atoms with Crippen LogP contribution in [0.1, 0.15) is 26.7 Å². The Morgan fingerprint density at radius 2 is 1.95 bits per heavy atom. The van der Waals surface area contributed by atoms with Gasteiger partial charge in [0.2, 0.25) is 0 Å². The van der Waals surface area contributed by atoms with Gasteiger partial charge in [-0.25, -0.2) is 8.78 Å². The molecular formula is C16H19F2NO2. The zero-order valence-corrected chi connectivity index (χ0v) is 12.1. The molecule has 1 aromatic carbocycles. The molecule has 1 aliphatic rings. The summed E-state index contributed by atoms with van der Waals surface area (Å²) in [5, 5.41) is 2.89. The molecule has 1 N–H and O–H groups in total. The second-order valence-electron chi connectivity index (χ2n) is 5.51. The monoisotopic (exact) mass is 295 g/mol. The largest absolute Gasteiger partial charge is 0.477 e. The Bertz CT molecular complexity index is 535. The first kappa shape index (κ1) is 15.5. The first-order chi connectivity index (χ1) is 9.97. The molecule has 21 heavy (non-hydrogen) atoms. The van der Waals surface area contributed by atoms with Crippen LogP contribution in [0.3, 0.4) is 0 Å². The number of carbonyl (C=O) groups is 1. The summed E-state index contributed by atoms with van der Waals surface area (Å²) in [6.07, 6.45) is 4.79. The number of nitrogens with one attached hydrogen (secondary N) is 1. The van der Waals surface area contributed by atoms with Gasteiger partial charge >= 0.3 is 0 Å². The maximum Gasteiger partial charge on any atom is 0.261 e. The van der Waals surface area contributed by atoms with Crippen LogP contribution in [0, 0.1) is 17.6 Å². The lowest BCUT2D eigenvalue weighted by Gasteiger charge is -2.24. The van der Waals surface area contributed by atoms with Crippen molar-refractivity contribution in [3.05, 3.63) is 42.0 Å². The van der Waals surface area contributed by atoms with Crippen LogP contribution in [-0.2, 0) is 4.79 Å². The Kier molecular flexibility index (Phi) is 4.94. The fraction of sp³-hybridized carbons (Fsp3) is 0.438. The van der Waals surface area contributed by atoms with Crippen LogP contribution in [0.5, 0.6) is 5.75 Å². The SMILES string of the molecule is CC(C)[C@H](Oc1ccc(F)cc1F)C(=O)NC1CC=CC1. The lowest BCUT2D eigenvalue weighted by atomic mass is 10.1. The molecule has 0 spiro atoms. The molecule has 0 fully saturated rings. The molecule has 0 aromatic heterocycles. The van der Waals surface area contributed by atoms with Gasteiger partial charge in [-0.3, -0.25) is 4.79 Å². The van der Waals surface area contributed by atoms with Crippen molar-refractivity contribution < 1.29 is 18.3 Å². The second kappa shape index (κ2) is 6.70. The van der Waals surface area contributed by atoms with Crippen molar-refractivity contribution in [1.82, 2.24) is 5.32 Å². The minimum absolute atomic E-state index is 0.0698. The predicted octanol–water partition coefficient (Wildman–Crippen LogP) is 3.20. The second-order valence-corrected chi connectivity index (χ2v) is 5.51. The summed E-state index contributed by atoms with van der Waals surface area (Å²) in [5.41, 5.74) is 0. The summed E-state index contributed by atoms with van der Waals surface area (Å²) in [6, 6.07) is 3.12. The van der Waals surface area contributed by atoms with Gasteiger partial charge in [0.15, 0.2) is 17.7 Å². The molecule has 1 aliphatic carbocycles. The van der Waals surface area contributed by atoms with Crippen molar-refractivity contribution in [1.29, 1.82) is 0 Å². The van der Waals surface area contributed by atoms with Gasteiger partial charge in [-0.2, -0.15) is 0 Å². The summed E-state index contributed by atoms with van der Waals surface area (Å²) in [7, 11) is 0. The van der Waals surface area contributed by atoms with Crippen LogP contribution in [0.15, 0.2) is 30.4 Å². The smallest absolute Gasteiger partial charge is 0.261 e. The molecule has 2 rings (SSSR count). The fourth-order valence-corrected chi connectivity index (χ4v) is 2.22.